The van der Waals surface area contributed by atoms with E-state index in [0.717, 1.165) is 44.0 Å². The molecule has 0 saturated carbocycles. The second-order valence-corrected chi connectivity index (χ2v) is 8.57. The molecule has 2 saturated heterocycles. The van der Waals surface area contributed by atoms with Gasteiger partial charge in [0.15, 0.2) is 0 Å². The first-order valence-electron chi connectivity index (χ1n) is 10.6. The second kappa shape index (κ2) is 7.56. The number of rotatable bonds is 3. The highest BCUT2D eigenvalue weighted by atomic mass is 16.5. The summed E-state index contributed by atoms with van der Waals surface area (Å²) < 4.78 is 11.3. The van der Waals surface area contributed by atoms with Crippen molar-refractivity contribution in [1.82, 2.24) is 14.7 Å². The molecule has 0 unspecified atom stereocenters. The summed E-state index contributed by atoms with van der Waals surface area (Å²) in [5, 5.41) is 0. The molecule has 0 N–H and O–H groups in total. The number of nitrogens with zero attached hydrogens (tertiary/aromatic N) is 3. The summed E-state index contributed by atoms with van der Waals surface area (Å²) >= 11 is 0. The molecule has 3 aliphatic rings. The molecule has 2 fully saturated rings. The first kappa shape index (κ1) is 20.1. The summed E-state index contributed by atoms with van der Waals surface area (Å²) in [5.41, 5.74) is 3.50. The van der Waals surface area contributed by atoms with E-state index in [4.69, 9.17) is 9.47 Å². The van der Waals surface area contributed by atoms with E-state index in [2.05, 4.69) is 47.7 Å². The van der Waals surface area contributed by atoms with Gasteiger partial charge >= 0.3 is 0 Å². The summed E-state index contributed by atoms with van der Waals surface area (Å²) in [7, 11) is 5.57. The molecule has 4 rings (SSSR count). The number of ether oxygens (including phenoxy) is 2. The van der Waals surface area contributed by atoms with E-state index < -0.39 is 0 Å². The SMILES string of the molecule is CCN1C(=O)CN2Cc3cc(OC)cc(OC)c3[C@@H](C)C=C2C12CCN(C)CC2. The average molecular weight is 400 g/mol. The summed E-state index contributed by atoms with van der Waals surface area (Å²) in [6.45, 7) is 8.26. The number of likely N-dealkylation sites (tertiary alicyclic amines) is 1. The number of piperidine rings is 1. The lowest BCUT2D eigenvalue weighted by molar-refractivity contribution is -0.145. The molecule has 0 radical (unpaired) electrons. The lowest BCUT2D eigenvalue weighted by Crippen LogP contribution is -2.65. The van der Waals surface area contributed by atoms with Gasteiger partial charge in [-0.1, -0.05) is 13.0 Å². The van der Waals surface area contributed by atoms with Crippen LogP contribution in [0.4, 0.5) is 0 Å². The van der Waals surface area contributed by atoms with Gasteiger partial charge in [-0.25, -0.2) is 0 Å². The van der Waals surface area contributed by atoms with Gasteiger partial charge < -0.3 is 24.2 Å². The number of hydrogen-bond donors (Lipinski definition) is 0. The van der Waals surface area contributed by atoms with Crippen molar-refractivity contribution in [2.24, 2.45) is 0 Å². The van der Waals surface area contributed by atoms with E-state index in [-0.39, 0.29) is 17.4 Å². The summed E-state index contributed by atoms with van der Waals surface area (Å²) in [6.07, 6.45) is 4.35. The molecule has 0 aromatic heterocycles. The van der Waals surface area contributed by atoms with Crippen molar-refractivity contribution in [3.8, 4) is 11.5 Å². The maximum absolute atomic E-state index is 13.2. The number of carbonyl (C=O) groups is 1. The van der Waals surface area contributed by atoms with E-state index in [9.17, 15) is 4.79 Å². The maximum atomic E-state index is 13.2. The Labute approximate surface area is 174 Å². The zero-order chi connectivity index (χ0) is 20.8. The lowest BCUT2D eigenvalue weighted by Gasteiger charge is -2.55. The molecule has 1 spiro atoms. The molecule has 6 nitrogen and oxygen atoms in total. The largest absolute Gasteiger partial charge is 0.497 e. The number of allylic oxidation sites excluding steroid dienone is 1. The van der Waals surface area contributed by atoms with Gasteiger partial charge in [0.05, 0.1) is 26.3 Å². The number of fused-ring (bicyclic) bond motifs is 3. The Balaban J connectivity index is 1.84. The van der Waals surface area contributed by atoms with E-state index in [1.807, 2.05) is 6.07 Å². The van der Waals surface area contributed by atoms with Gasteiger partial charge in [-0.05, 0) is 38.4 Å². The van der Waals surface area contributed by atoms with Gasteiger partial charge in [0.1, 0.15) is 11.5 Å². The van der Waals surface area contributed by atoms with Crippen molar-refractivity contribution in [3.05, 3.63) is 35.0 Å². The minimum Gasteiger partial charge on any atom is -0.497 e. The third-order valence-corrected chi connectivity index (χ3v) is 6.97. The Bertz CT molecular complexity index is 827. The number of hydrogen-bond acceptors (Lipinski definition) is 5. The fourth-order valence-corrected chi connectivity index (χ4v) is 5.52. The molecule has 1 aromatic rings. The Morgan fingerprint density at radius 2 is 1.86 bits per heavy atom. The molecule has 3 heterocycles. The smallest absolute Gasteiger partial charge is 0.242 e. The van der Waals surface area contributed by atoms with Crippen molar-refractivity contribution in [1.29, 1.82) is 0 Å². The minimum absolute atomic E-state index is 0.203. The molecule has 29 heavy (non-hydrogen) atoms. The zero-order valence-corrected chi connectivity index (χ0v) is 18.3. The fourth-order valence-electron chi connectivity index (χ4n) is 5.52. The number of carbonyl (C=O) groups excluding carboxylic acids is 1. The number of benzene rings is 1. The molecule has 0 bridgehead atoms. The Morgan fingerprint density at radius 3 is 2.48 bits per heavy atom. The van der Waals surface area contributed by atoms with E-state index in [0.29, 0.717) is 13.1 Å². The van der Waals surface area contributed by atoms with Crippen molar-refractivity contribution in [2.75, 3.05) is 47.4 Å². The summed E-state index contributed by atoms with van der Waals surface area (Å²) in [5.74, 6) is 2.10. The fraction of sp³-hybridized carbons (Fsp3) is 0.609. The molecule has 1 amide bonds. The summed E-state index contributed by atoms with van der Waals surface area (Å²) in [6, 6.07) is 4.07. The highest BCUT2D eigenvalue weighted by Crippen LogP contribution is 2.46. The van der Waals surface area contributed by atoms with Crippen molar-refractivity contribution in [3.63, 3.8) is 0 Å². The van der Waals surface area contributed by atoms with Crippen LogP contribution in [0.3, 0.4) is 0 Å². The number of likely N-dealkylation sites (N-methyl/N-ethyl adjacent to an activating group) is 1. The molecule has 3 aliphatic heterocycles. The maximum Gasteiger partial charge on any atom is 0.242 e. The van der Waals surface area contributed by atoms with Crippen LogP contribution < -0.4 is 9.47 Å². The first-order chi connectivity index (χ1) is 13.9. The average Bonchev–Trinajstić information content (AvgIpc) is 2.86. The minimum atomic E-state index is -0.204. The van der Waals surface area contributed by atoms with Crippen LogP contribution in [0.2, 0.25) is 0 Å². The van der Waals surface area contributed by atoms with Crippen molar-refractivity contribution in [2.45, 2.75) is 44.7 Å². The van der Waals surface area contributed by atoms with Crippen LogP contribution in [0.1, 0.15) is 43.7 Å². The van der Waals surface area contributed by atoms with Crippen LogP contribution in [-0.4, -0.2) is 73.6 Å². The molecule has 0 aliphatic carbocycles. The lowest BCUT2D eigenvalue weighted by atomic mass is 9.79. The summed E-state index contributed by atoms with van der Waals surface area (Å²) in [4.78, 5) is 20.0. The van der Waals surface area contributed by atoms with Gasteiger partial charge in [-0.2, -0.15) is 0 Å². The van der Waals surface area contributed by atoms with E-state index >= 15 is 0 Å². The topological polar surface area (TPSA) is 45.3 Å². The van der Waals surface area contributed by atoms with Crippen LogP contribution in [0.25, 0.3) is 0 Å². The van der Waals surface area contributed by atoms with Crippen LogP contribution in [0, 0.1) is 0 Å². The normalized spacial score (nSPS) is 24.0. The Kier molecular flexibility index (Phi) is 5.23. The third-order valence-electron chi connectivity index (χ3n) is 6.97. The highest BCUT2D eigenvalue weighted by molar-refractivity contribution is 5.82. The van der Waals surface area contributed by atoms with Crippen molar-refractivity contribution >= 4 is 5.91 Å². The number of methoxy groups -OCH3 is 2. The van der Waals surface area contributed by atoms with Gasteiger partial charge in [0.2, 0.25) is 5.91 Å². The predicted molar refractivity (Wildman–Crippen MR) is 113 cm³/mol. The van der Waals surface area contributed by atoms with Crippen LogP contribution >= 0.6 is 0 Å². The molecular weight excluding hydrogens is 366 g/mol. The van der Waals surface area contributed by atoms with Gasteiger partial charge in [0.25, 0.3) is 0 Å². The monoisotopic (exact) mass is 399 g/mol. The van der Waals surface area contributed by atoms with Crippen LogP contribution in [0.5, 0.6) is 11.5 Å². The molecule has 1 atom stereocenters. The molecule has 158 valence electrons. The third kappa shape index (κ3) is 3.18. The highest BCUT2D eigenvalue weighted by Gasteiger charge is 2.50. The molecule has 1 aromatic carbocycles. The molecular formula is C23H33N3O3. The second-order valence-electron chi connectivity index (χ2n) is 8.57. The van der Waals surface area contributed by atoms with Crippen LogP contribution in [-0.2, 0) is 11.3 Å². The van der Waals surface area contributed by atoms with Crippen LogP contribution in [0.15, 0.2) is 23.9 Å². The quantitative estimate of drug-likeness (QED) is 0.782. The number of piperazine rings is 1. The standard InChI is InChI=1S/C23H33N3O3/c1-6-26-21(27)15-25-14-17-12-18(28-4)13-19(29-5)22(17)16(2)11-20(25)23(26)7-9-24(3)10-8-23/h11-13,16H,6-10,14-15H2,1-5H3/t16-/m0/s1. The van der Waals surface area contributed by atoms with Gasteiger partial charge in [0, 0.05) is 49.4 Å². The van der Waals surface area contributed by atoms with Gasteiger partial charge in [-0.15, -0.1) is 0 Å². The Morgan fingerprint density at radius 1 is 1.14 bits per heavy atom. The van der Waals surface area contributed by atoms with E-state index in [1.54, 1.807) is 14.2 Å². The predicted octanol–water partition coefficient (Wildman–Crippen LogP) is 2.83. The molecule has 6 heteroatoms. The Hall–Kier alpha value is -2.21. The first-order valence-corrected chi connectivity index (χ1v) is 10.6. The number of amides is 1. The van der Waals surface area contributed by atoms with Gasteiger partial charge in [-0.3, -0.25) is 4.79 Å². The van der Waals surface area contributed by atoms with E-state index in [1.165, 1.54) is 16.8 Å². The van der Waals surface area contributed by atoms with Crippen molar-refractivity contribution < 1.29 is 14.3 Å². The zero-order valence-electron chi connectivity index (χ0n) is 18.3.